The molecule has 2 heterocycles. The van der Waals surface area contributed by atoms with Crippen LogP contribution in [-0.2, 0) is 4.79 Å². The van der Waals surface area contributed by atoms with Crippen molar-refractivity contribution in [3.8, 4) is 5.88 Å². The number of thioether (sulfide) groups is 1. The van der Waals surface area contributed by atoms with Crippen LogP contribution in [0.1, 0.15) is 130 Å². The lowest BCUT2D eigenvalue weighted by Gasteiger charge is -2.72. The third kappa shape index (κ3) is 6.80. The predicted molar refractivity (Wildman–Crippen MR) is 239 cm³/mol. The molecule has 10 atom stereocenters. The number of allylic oxidation sites excluding steroid dienone is 6. The highest BCUT2D eigenvalue weighted by Crippen LogP contribution is 2.76. The highest BCUT2D eigenvalue weighted by molar-refractivity contribution is 7.99. The van der Waals surface area contributed by atoms with Crippen LogP contribution in [0.2, 0.25) is 0 Å². The van der Waals surface area contributed by atoms with Crippen molar-refractivity contribution >= 4 is 34.8 Å². The molecule has 0 amide bonds. The Morgan fingerprint density at radius 2 is 1.72 bits per heavy atom. The second kappa shape index (κ2) is 15.2. The Labute approximate surface area is 353 Å². The Morgan fingerprint density at radius 3 is 2.39 bits per heavy atom. The molecule has 6 nitrogen and oxygen atoms in total. The van der Waals surface area contributed by atoms with Crippen LogP contribution >= 0.6 is 23.3 Å². The molecule has 8 heteroatoms. The van der Waals surface area contributed by atoms with Crippen molar-refractivity contribution in [3.63, 3.8) is 0 Å². The van der Waals surface area contributed by atoms with Crippen LogP contribution in [-0.4, -0.2) is 70.2 Å². The smallest absolute Gasteiger partial charge is 0.313 e. The van der Waals surface area contributed by atoms with E-state index in [9.17, 15) is 9.90 Å². The molecule has 57 heavy (non-hydrogen) atoms. The summed E-state index contributed by atoms with van der Waals surface area (Å²) in [6, 6.07) is 1.88. The van der Waals surface area contributed by atoms with Crippen LogP contribution < -0.4 is 10.1 Å². The number of carboxylic acids is 1. The van der Waals surface area contributed by atoms with Gasteiger partial charge in [0.15, 0.2) is 0 Å². The molecule has 314 valence electrons. The summed E-state index contributed by atoms with van der Waals surface area (Å²) in [5, 5.41) is 14.9. The maximum Gasteiger partial charge on any atom is 0.313 e. The first-order valence-electron chi connectivity index (χ1n) is 22.6. The number of nitrogens with one attached hydrogen (secondary N) is 1. The monoisotopic (exact) mass is 816 g/mol. The van der Waals surface area contributed by atoms with Crippen LogP contribution in [0.4, 0.5) is 0 Å². The normalized spacial score (nSPS) is 41.4. The standard InChI is InChI=1S/C49H73N3O3S2/c1-32(2)35-14-21-49(50-24-25-52-26-28-56-29-27-52)23-22-46(8)37(42(35)49)10-11-40-45(7)17-15-36(44(5,6)39(45)16-18-47(40,46)9)34-12-19-48(20-13-34,43(53)54)31-55-41-30-38(33(3)4)57-51-41/h12,15,30,35,37,39-40,42,50H,1,3,10-11,13-14,16-29,31H2,2,4-9H3,(H,53,54)/t35-,37+,39-,40+,42+,45-,46+,47+,48?,49-/m0/s1. The van der Waals surface area contributed by atoms with Crippen LogP contribution in [0.15, 0.2) is 48.1 Å². The fourth-order valence-electron chi connectivity index (χ4n) is 15.2. The lowest BCUT2D eigenvalue weighted by Crippen LogP contribution is -2.68. The average molecular weight is 816 g/mol. The van der Waals surface area contributed by atoms with Crippen LogP contribution in [0, 0.1) is 56.7 Å². The van der Waals surface area contributed by atoms with Crippen LogP contribution in [0.25, 0.3) is 5.57 Å². The van der Waals surface area contributed by atoms with Crippen molar-refractivity contribution < 1.29 is 14.6 Å². The fraction of sp³-hybridized carbons (Fsp3) is 0.755. The highest BCUT2D eigenvalue weighted by Gasteiger charge is 2.70. The number of fused-ring (bicyclic) bond motifs is 7. The lowest BCUT2D eigenvalue weighted by atomic mass is 9.33. The summed E-state index contributed by atoms with van der Waals surface area (Å²) in [6.45, 7) is 31.2. The van der Waals surface area contributed by atoms with Gasteiger partial charge in [-0.25, -0.2) is 0 Å². The molecular weight excluding hydrogens is 743 g/mol. The zero-order valence-electron chi connectivity index (χ0n) is 36.4. The molecule has 0 spiro atoms. The van der Waals surface area contributed by atoms with E-state index in [2.05, 4.69) is 93.2 Å². The zero-order chi connectivity index (χ0) is 40.6. The molecule has 0 radical (unpaired) electrons. The number of hydrogen-bond donors (Lipinski definition) is 2. The van der Waals surface area contributed by atoms with Gasteiger partial charge in [0.05, 0.1) is 4.88 Å². The molecule has 2 N–H and O–H groups in total. The molecule has 0 aromatic carbocycles. The summed E-state index contributed by atoms with van der Waals surface area (Å²) in [7, 11) is 0. The minimum absolute atomic E-state index is 0.0341. The molecule has 8 rings (SSSR count). The molecule has 0 bridgehead atoms. The van der Waals surface area contributed by atoms with E-state index in [1.807, 2.05) is 13.0 Å². The van der Waals surface area contributed by atoms with Gasteiger partial charge in [-0.1, -0.05) is 65.5 Å². The Kier molecular flexibility index (Phi) is 11.2. The predicted octanol–water partition coefficient (Wildman–Crippen LogP) is 11.3. The number of aromatic nitrogens is 1. The molecule has 1 unspecified atom stereocenters. The van der Waals surface area contributed by atoms with Crippen molar-refractivity contribution in [1.82, 2.24) is 14.6 Å². The van der Waals surface area contributed by atoms with Crippen molar-refractivity contribution in [1.29, 1.82) is 0 Å². The molecule has 6 aliphatic carbocycles. The van der Waals surface area contributed by atoms with Gasteiger partial charge in [-0.2, -0.15) is 16.1 Å². The Morgan fingerprint density at radius 1 is 0.947 bits per heavy atom. The number of hydrogen-bond acceptors (Lipinski definition) is 7. The molecule has 5 fully saturated rings. The Balaban J connectivity index is 1.01. The number of aliphatic carboxylic acids is 1. The van der Waals surface area contributed by atoms with Gasteiger partial charge in [0, 0.05) is 49.3 Å². The first-order valence-corrected chi connectivity index (χ1v) is 24.5. The average Bonchev–Trinajstić information content (AvgIpc) is 3.81. The van der Waals surface area contributed by atoms with Gasteiger partial charge in [-0.05, 0) is 170 Å². The maximum atomic E-state index is 12.8. The third-order valence-electron chi connectivity index (χ3n) is 18.5. The number of rotatable bonds is 11. The summed E-state index contributed by atoms with van der Waals surface area (Å²) in [4.78, 5) is 16.5. The van der Waals surface area contributed by atoms with Crippen molar-refractivity contribution in [2.75, 3.05) is 44.3 Å². The van der Waals surface area contributed by atoms with E-state index in [0.29, 0.717) is 53.2 Å². The van der Waals surface area contributed by atoms with E-state index >= 15 is 0 Å². The maximum absolute atomic E-state index is 12.8. The number of ether oxygens (including phenoxy) is 1. The number of carboxylic acid groups (broad SMARTS) is 1. The Bertz CT molecular complexity index is 1810. The van der Waals surface area contributed by atoms with Gasteiger partial charge >= 0.3 is 5.97 Å². The van der Waals surface area contributed by atoms with Crippen LogP contribution in [0.3, 0.4) is 0 Å². The Hall–Kier alpha value is -1.87. The molecule has 1 aliphatic heterocycles. The van der Waals surface area contributed by atoms with E-state index in [1.54, 1.807) is 0 Å². The van der Waals surface area contributed by atoms with E-state index < -0.39 is 11.4 Å². The molecule has 1 aromatic heterocycles. The van der Waals surface area contributed by atoms with Gasteiger partial charge in [-0.3, -0.25) is 4.79 Å². The largest absolute Gasteiger partial charge is 0.481 e. The second-order valence-electron chi connectivity index (χ2n) is 21.4. The summed E-state index contributed by atoms with van der Waals surface area (Å²) >= 11 is 3.46. The number of nitrogens with zero attached hydrogens (tertiary/aromatic N) is 2. The van der Waals surface area contributed by atoms with Crippen LogP contribution in [0.5, 0.6) is 5.88 Å². The van der Waals surface area contributed by atoms with Gasteiger partial charge in [0.25, 0.3) is 0 Å². The highest BCUT2D eigenvalue weighted by atomic mass is 32.2. The summed E-state index contributed by atoms with van der Waals surface area (Å²) < 4.78 is 10.5. The SMILES string of the molecule is C=C(C)c1cc(OCC2(C(=O)O)CC=C(C3=CC[C@]4(C)[C@H]5CC[C@@H]6[C@H]7[C@H](C(=C)C)CC[C@]7(NCCN7CCSCC7)CC[C@@]6(C)[C@]5(C)CC[C@H]4C3(C)C)CC2)ns1. The van der Waals surface area contributed by atoms with Crippen molar-refractivity contribution in [2.24, 2.45) is 56.7 Å². The van der Waals surface area contributed by atoms with E-state index in [4.69, 9.17) is 4.74 Å². The van der Waals surface area contributed by atoms with Gasteiger partial charge in [-0.15, -0.1) is 0 Å². The topological polar surface area (TPSA) is 74.7 Å². The minimum atomic E-state index is -0.937. The third-order valence-corrected chi connectivity index (χ3v) is 20.3. The van der Waals surface area contributed by atoms with E-state index in [1.165, 1.54) is 111 Å². The summed E-state index contributed by atoms with van der Waals surface area (Å²) in [6.07, 6.45) is 18.5. The lowest BCUT2D eigenvalue weighted by molar-refractivity contribution is -0.221. The van der Waals surface area contributed by atoms with E-state index in [-0.39, 0.29) is 23.0 Å². The van der Waals surface area contributed by atoms with Crippen molar-refractivity contribution in [2.45, 2.75) is 131 Å². The first kappa shape index (κ1) is 41.8. The number of carbonyl (C=O) groups is 1. The second-order valence-corrected chi connectivity index (χ2v) is 23.4. The van der Waals surface area contributed by atoms with Gasteiger partial charge in [0.2, 0.25) is 5.88 Å². The summed E-state index contributed by atoms with van der Waals surface area (Å²) in [5.41, 5.74) is 5.49. The summed E-state index contributed by atoms with van der Waals surface area (Å²) in [5.74, 6) is 5.69. The van der Waals surface area contributed by atoms with Crippen molar-refractivity contribution in [3.05, 3.63) is 53.0 Å². The molecule has 1 aromatic rings. The molecular formula is C49H73N3O3S2. The zero-order valence-corrected chi connectivity index (χ0v) is 38.1. The first-order chi connectivity index (χ1) is 27.0. The van der Waals surface area contributed by atoms with E-state index in [0.717, 1.165) is 35.8 Å². The molecule has 7 aliphatic rings. The van der Waals surface area contributed by atoms with Gasteiger partial charge in [0.1, 0.15) is 12.0 Å². The quantitative estimate of drug-likeness (QED) is 0.216. The molecule has 4 saturated carbocycles. The molecule has 1 saturated heterocycles. The fourth-order valence-corrected chi connectivity index (χ4v) is 16.7. The van der Waals surface area contributed by atoms with Gasteiger partial charge < -0.3 is 20.1 Å². The minimum Gasteiger partial charge on any atom is -0.481 e.